The summed E-state index contributed by atoms with van der Waals surface area (Å²) in [5.74, 6) is 1.33. The summed E-state index contributed by atoms with van der Waals surface area (Å²) in [7, 11) is 0. The number of aryl methyl sites for hydroxylation is 2. The number of ether oxygens (including phenoxy) is 1. The summed E-state index contributed by atoms with van der Waals surface area (Å²) in [5, 5.41) is 9.59. The Morgan fingerprint density at radius 3 is 2.90 bits per heavy atom. The van der Waals surface area contributed by atoms with Crippen LogP contribution in [0.2, 0.25) is 0 Å². The van der Waals surface area contributed by atoms with Gasteiger partial charge in [0.2, 0.25) is 0 Å². The van der Waals surface area contributed by atoms with Crippen molar-refractivity contribution in [3.05, 3.63) is 70.8 Å². The molecule has 0 atom stereocenters. The molecule has 7 heteroatoms. The predicted molar refractivity (Wildman–Crippen MR) is 111 cm³/mol. The number of hydrogen-bond donors (Lipinski definition) is 1. The van der Waals surface area contributed by atoms with Gasteiger partial charge in [0.15, 0.2) is 11.7 Å². The number of rotatable bonds is 5. The summed E-state index contributed by atoms with van der Waals surface area (Å²) < 4.78 is 7.92. The fourth-order valence-corrected chi connectivity index (χ4v) is 3.23. The van der Waals surface area contributed by atoms with Crippen molar-refractivity contribution in [3.63, 3.8) is 0 Å². The molecule has 4 rings (SSSR count). The molecule has 7 nitrogen and oxygen atoms in total. The number of fused-ring (bicyclic) bond motifs is 1. The number of carbonyl (C=O) groups excluding carboxylic acids is 1. The van der Waals surface area contributed by atoms with Gasteiger partial charge in [-0.15, -0.1) is 5.06 Å². The maximum atomic E-state index is 12.4. The van der Waals surface area contributed by atoms with Gasteiger partial charge in [-0.1, -0.05) is 12.1 Å². The first-order chi connectivity index (χ1) is 13.9. The van der Waals surface area contributed by atoms with Crippen molar-refractivity contribution in [2.75, 3.05) is 6.61 Å². The molecule has 0 bridgehead atoms. The van der Waals surface area contributed by atoms with Gasteiger partial charge < -0.3 is 14.1 Å². The zero-order valence-corrected chi connectivity index (χ0v) is 16.6. The predicted octanol–water partition coefficient (Wildman–Crippen LogP) is 3.63. The smallest absolute Gasteiger partial charge is 0.283 e. The highest BCUT2D eigenvalue weighted by atomic mass is 16.7. The largest absolute Gasteiger partial charge is 0.491 e. The monoisotopic (exact) mass is 390 g/mol. The van der Waals surface area contributed by atoms with E-state index in [-0.39, 0.29) is 11.4 Å². The van der Waals surface area contributed by atoms with Crippen LogP contribution in [-0.4, -0.2) is 33.8 Å². The van der Waals surface area contributed by atoms with Crippen molar-refractivity contribution in [3.8, 4) is 5.75 Å². The number of amides is 1. The van der Waals surface area contributed by atoms with Crippen LogP contribution in [0.4, 0.5) is 0 Å². The third kappa shape index (κ3) is 3.71. The minimum atomic E-state index is -0.449. The average Bonchev–Trinajstić information content (AvgIpc) is 3.27. The molecular weight excluding hydrogens is 368 g/mol. The Bertz CT molecular complexity index is 1090. The van der Waals surface area contributed by atoms with E-state index in [4.69, 9.17) is 15.0 Å². The van der Waals surface area contributed by atoms with Crippen molar-refractivity contribution >= 4 is 23.7 Å². The highest BCUT2D eigenvalue weighted by Crippen LogP contribution is 2.24. The van der Waals surface area contributed by atoms with Gasteiger partial charge in [0.05, 0.1) is 12.1 Å². The zero-order chi connectivity index (χ0) is 20.5. The average molecular weight is 390 g/mol. The molecule has 0 saturated heterocycles. The molecule has 2 aliphatic heterocycles. The summed E-state index contributed by atoms with van der Waals surface area (Å²) in [4.78, 5) is 21.9. The normalized spacial score (nSPS) is 17.2. The van der Waals surface area contributed by atoms with Crippen LogP contribution in [0.5, 0.6) is 5.75 Å². The maximum Gasteiger partial charge on any atom is 0.283 e. The van der Waals surface area contributed by atoms with Crippen LogP contribution in [0, 0.1) is 19.3 Å². The van der Waals surface area contributed by atoms with Crippen LogP contribution in [0.15, 0.2) is 58.9 Å². The molecule has 1 aromatic heterocycles. The second kappa shape index (κ2) is 7.43. The van der Waals surface area contributed by atoms with Gasteiger partial charge in [0.25, 0.3) is 5.91 Å². The van der Waals surface area contributed by atoms with Crippen molar-refractivity contribution in [2.24, 2.45) is 4.99 Å². The van der Waals surface area contributed by atoms with E-state index in [1.165, 1.54) is 5.06 Å². The molecule has 0 fully saturated rings. The summed E-state index contributed by atoms with van der Waals surface area (Å²) in [6.07, 6.45) is 5.22. The first kappa shape index (κ1) is 18.7. The third-order valence-electron chi connectivity index (χ3n) is 4.77. The lowest BCUT2D eigenvalue weighted by Gasteiger charge is -2.23. The fourth-order valence-electron chi connectivity index (χ4n) is 3.23. The van der Waals surface area contributed by atoms with Crippen LogP contribution in [0.3, 0.4) is 0 Å². The molecule has 148 valence electrons. The highest BCUT2D eigenvalue weighted by molar-refractivity contribution is 6.32. The number of allylic oxidation sites excluding steroid dienone is 1. The number of hydroxylamine groups is 2. The van der Waals surface area contributed by atoms with E-state index >= 15 is 0 Å². The molecular formula is C22H22N4O3. The Morgan fingerprint density at radius 1 is 1.24 bits per heavy atom. The quantitative estimate of drug-likeness (QED) is 0.791. The Kier molecular flexibility index (Phi) is 4.80. The van der Waals surface area contributed by atoms with Crippen molar-refractivity contribution < 1.29 is 14.4 Å². The van der Waals surface area contributed by atoms with Crippen LogP contribution >= 0.6 is 0 Å². The molecule has 0 saturated carbocycles. The second-order valence-corrected chi connectivity index (χ2v) is 7.07. The van der Waals surface area contributed by atoms with Crippen molar-refractivity contribution in [2.45, 2.75) is 27.3 Å². The van der Waals surface area contributed by atoms with E-state index in [2.05, 4.69) is 11.1 Å². The lowest BCUT2D eigenvalue weighted by molar-refractivity contribution is -0.114. The number of nitrogens with zero attached hydrogens (tertiary/aromatic N) is 3. The minimum absolute atomic E-state index is 0.0208. The molecule has 29 heavy (non-hydrogen) atoms. The Balaban J connectivity index is 1.49. The van der Waals surface area contributed by atoms with Crippen LogP contribution in [0.1, 0.15) is 23.7 Å². The van der Waals surface area contributed by atoms with Gasteiger partial charge in [-0.25, -0.2) is 0 Å². The number of benzene rings is 1. The fraction of sp³-hybridized carbons (Fsp3) is 0.227. The molecule has 0 spiro atoms. The summed E-state index contributed by atoms with van der Waals surface area (Å²) in [5.41, 5.74) is 3.23. The molecule has 2 aromatic rings. The van der Waals surface area contributed by atoms with Crippen LogP contribution in [0.25, 0.3) is 6.08 Å². The van der Waals surface area contributed by atoms with E-state index in [9.17, 15) is 4.79 Å². The van der Waals surface area contributed by atoms with Gasteiger partial charge in [0.1, 0.15) is 18.1 Å². The van der Waals surface area contributed by atoms with Gasteiger partial charge in [0, 0.05) is 18.0 Å². The van der Waals surface area contributed by atoms with E-state index < -0.39 is 5.91 Å². The number of amidine groups is 2. The topological polar surface area (TPSA) is 79.9 Å². The lowest BCUT2D eigenvalue weighted by Crippen LogP contribution is -2.38. The standard InChI is InChI=1S/C22H22N4O3/c1-14-6-7-15(2)19(11-14)28-10-9-25-8-4-5-17(25)13-18-21(23)26-20(24-22(18)27)12-16(3)29-26/h4-8,11-13,23H,9-10H2,1-3H3/b18-13-,23-21?. The van der Waals surface area contributed by atoms with E-state index in [0.29, 0.717) is 24.7 Å². The number of aromatic nitrogens is 1. The van der Waals surface area contributed by atoms with Crippen LogP contribution in [-0.2, 0) is 16.2 Å². The maximum absolute atomic E-state index is 12.4. The van der Waals surface area contributed by atoms with E-state index in [0.717, 1.165) is 22.6 Å². The number of nitrogens with one attached hydrogen (secondary N) is 1. The molecule has 0 radical (unpaired) electrons. The van der Waals surface area contributed by atoms with Gasteiger partial charge >= 0.3 is 0 Å². The summed E-state index contributed by atoms with van der Waals surface area (Å²) in [6, 6.07) is 9.91. The number of hydrogen-bond acceptors (Lipinski definition) is 4. The van der Waals surface area contributed by atoms with Crippen molar-refractivity contribution in [1.29, 1.82) is 5.41 Å². The molecule has 3 heterocycles. The molecule has 1 amide bonds. The summed E-state index contributed by atoms with van der Waals surface area (Å²) in [6.45, 7) is 6.90. The molecule has 0 aliphatic carbocycles. The molecule has 1 aromatic carbocycles. The number of carbonyl (C=O) groups is 1. The minimum Gasteiger partial charge on any atom is -0.491 e. The van der Waals surface area contributed by atoms with E-state index in [1.807, 2.05) is 48.9 Å². The van der Waals surface area contributed by atoms with Gasteiger partial charge in [-0.3, -0.25) is 10.2 Å². The van der Waals surface area contributed by atoms with Gasteiger partial charge in [-0.2, -0.15) is 4.99 Å². The number of aliphatic imine (C=N–C) groups is 1. The first-order valence-electron chi connectivity index (χ1n) is 9.37. The Morgan fingerprint density at radius 2 is 2.07 bits per heavy atom. The first-order valence-corrected chi connectivity index (χ1v) is 9.37. The highest BCUT2D eigenvalue weighted by Gasteiger charge is 2.34. The third-order valence-corrected chi connectivity index (χ3v) is 4.77. The molecule has 2 aliphatic rings. The van der Waals surface area contributed by atoms with Crippen LogP contribution < -0.4 is 4.74 Å². The second-order valence-electron chi connectivity index (χ2n) is 7.07. The molecule has 0 unspecified atom stereocenters. The summed E-state index contributed by atoms with van der Waals surface area (Å²) >= 11 is 0. The van der Waals surface area contributed by atoms with E-state index in [1.54, 1.807) is 19.1 Å². The van der Waals surface area contributed by atoms with Gasteiger partial charge in [-0.05, 0) is 56.2 Å². The zero-order valence-electron chi connectivity index (χ0n) is 16.6. The lowest BCUT2D eigenvalue weighted by atomic mass is 10.1. The van der Waals surface area contributed by atoms with Crippen molar-refractivity contribution in [1.82, 2.24) is 9.63 Å². The Labute approximate surface area is 169 Å². The Hall–Kier alpha value is -3.61. The SMILES string of the molecule is CC1=CC2=NC(=O)/C(=C\c3cccn3CCOc3cc(C)ccc3C)C(=N)N2O1. The molecule has 1 N–H and O–H groups in total.